The zero-order valence-corrected chi connectivity index (χ0v) is 13.7. The monoisotopic (exact) mass is 403 g/mol. The maximum Gasteiger partial charge on any atom is 0.411 e. The Morgan fingerprint density at radius 2 is 1.81 bits per heavy atom. The van der Waals surface area contributed by atoms with Crippen molar-refractivity contribution < 1.29 is 39.9 Å². The van der Waals surface area contributed by atoms with Crippen LogP contribution in [0.4, 0.5) is 22.0 Å². The maximum atomic E-state index is 13.8. The number of alkyl halides is 4. The molecule has 11 heteroatoms. The van der Waals surface area contributed by atoms with Crippen LogP contribution in [0.25, 0.3) is 0 Å². The van der Waals surface area contributed by atoms with Crippen LogP contribution in [0, 0.1) is 17.1 Å². The molecule has 0 saturated heterocycles. The highest BCUT2D eigenvalue weighted by Gasteiger charge is 2.62. The van der Waals surface area contributed by atoms with Crippen molar-refractivity contribution in [1.29, 1.82) is 5.26 Å². The van der Waals surface area contributed by atoms with Crippen molar-refractivity contribution in [3.05, 3.63) is 52.8 Å². The van der Waals surface area contributed by atoms with Gasteiger partial charge in [-0.3, -0.25) is 4.79 Å². The van der Waals surface area contributed by atoms with Crippen molar-refractivity contribution in [2.75, 3.05) is 0 Å². The second-order valence-corrected chi connectivity index (χ2v) is 7.32. The minimum atomic E-state index is -5.46. The van der Waals surface area contributed by atoms with Gasteiger partial charge in [0, 0.05) is 6.07 Å². The van der Waals surface area contributed by atoms with Crippen LogP contribution in [0.15, 0.2) is 35.2 Å². The van der Waals surface area contributed by atoms with Crippen LogP contribution in [0.3, 0.4) is 0 Å². The van der Waals surface area contributed by atoms with E-state index in [4.69, 9.17) is 10.00 Å². The highest BCUT2D eigenvalue weighted by Crippen LogP contribution is 2.48. The fraction of sp³-hybridized carbons (Fsp3) is 0.125. The van der Waals surface area contributed by atoms with Crippen LogP contribution in [0.1, 0.15) is 27.9 Å². The number of fused-ring (bicyclic) bond motifs is 1. The number of halogens is 5. The van der Waals surface area contributed by atoms with E-state index in [0.717, 1.165) is 18.2 Å². The molecule has 0 fully saturated rings. The number of hydrogen-bond donors (Lipinski definition) is 0. The molecule has 0 radical (unpaired) electrons. The number of hydrogen-bond acceptors (Lipinski definition) is 5. The predicted molar refractivity (Wildman–Crippen MR) is 79.1 cm³/mol. The summed E-state index contributed by atoms with van der Waals surface area (Å²) in [7, 11) is -5.46. The second kappa shape index (κ2) is 6.02. The number of nitrogens with zero attached hydrogens (tertiary/aromatic N) is 1. The predicted octanol–water partition coefficient (Wildman–Crippen LogP) is 3.99. The maximum absolute atomic E-state index is 13.8. The van der Waals surface area contributed by atoms with Crippen LogP contribution in [0.2, 0.25) is 0 Å². The normalized spacial score (nSPS) is 16.9. The number of benzene rings is 2. The molecule has 0 saturated carbocycles. The van der Waals surface area contributed by atoms with Crippen molar-refractivity contribution in [1.82, 2.24) is 0 Å². The topological polar surface area (TPSA) is 84.2 Å². The van der Waals surface area contributed by atoms with E-state index in [1.54, 1.807) is 0 Å². The Morgan fingerprint density at radius 1 is 1.15 bits per heavy atom. The molecule has 0 bridgehead atoms. The molecule has 0 spiro atoms. The van der Waals surface area contributed by atoms with Gasteiger partial charge in [0.2, 0.25) is 5.78 Å². The highest BCUT2D eigenvalue weighted by molar-refractivity contribution is 7.94. The Balaban J connectivity index is 2.20. The lowest BCUT2D eigenvalue weighted by molar-refractivity contribution is 0.0541. The average Bonchev–Trinajstić information content (AvgIpc) is 2.73. The summed E-state index contributed by atoms with van der Waals surface area (Å²) in [5.41, 5.74) is -3.16. The minimum Gasteiger partial charge on any atom is -0.457 e. The molecule has 2 aromatic rings. The molecule has 0 aromatic heterocycles. The number of nitriles is 1. The minimum absolute atomic E-state index is 0.296. The van der Waals surface area contributed by atoms with Gasteiger partial charge in [-0.2, -0.15) is 14.0 Å². The van der Waals surface area contributed by atoms with Gasteiger partial charge in [0.15, 0.2) is 0 Å². The van der Waals surface area contributed by atoms with Gasteiger partial charge in [0.25, 0.3) is 16.3 Å². The van der Waals surface area contributed by atoms with Gasteiger partial charge in [0.05, 0.1) is 21.6 Å². The van der Waals surface area contributed by atoms with Crippen molar-refractivity contribution in [2.45, 2.75) is 16.6 Å². The first-order valence-electron chi connectivity index (χ1n) is 7.02. The summed E-state index contributed by atoms with van der Waals surface area (Å²) >= 11 is 0. The Labute approximate surface area is 148 Å². The number of sulfone groups is 1. The molecule has 0 amide bonds. The lowest BCUT2D eigenvalue weighted by Crippen LogP contribution is -2.30. The number of Topliss-reactive ketones (excluding diaryl/α,β-unsaturated/α-hetero) is 1. The molecule has 0 atom stereocenters. The average molecular weight is 403 g/mol. The zero-order valence-electron chi connectivity index (χ0n) is 12.8. The summed E-state index contributed by atoms with van der Waals surface area (Å²) in [6.45, 7) is 0. The lowest BCUT2D eigenvalue weighted by Gasteiger charge is -2.13. The molecular formula is C16H6F5NO4S. The van der Waals surface area contributed by atoms with E-state index in [0.29, 0.717) is 12.1 Å². The number of carbonyl (C=O) groups is 1. The van der Waals surface area contributed by atoms with E-state index >= 15 is 0 Å². The third-order valence-corrected chi connectivity index (χ3v) is 5.57. The van der Waals surface area contributed by atoms with E-state index in [1.165, 1.54) is 6.07 Å². The smallest absolute Gasteiger partial charge is 0.411 e. The first-order valence-corrected chi connectivity index (χ1v) is 8.50. The largest absolute Gasteiger partial charge is 0.457 e. The molecule has 5 nitrogen and oxygen atoms in total. The molecule has 3 rings (SSSR count). The lowest BCUT2D eigenvalue weighted by atomic mass is 10.0. The molecule has 0 aliphatic carbocycles. The van der Waals surface area contributed by atoms with Crippen molar-refractivity contribution >= 4 is 15.6 Å². The second-order valence-electron chi connectivity index (χ2n) is 5.36. The van der Waals surface area contributed by atoms with Gasteiger partial charge in [0.1, 0.15) is 23.4 Å². The van der Waals surface area contributed by atoms with E-state index in [-0.39, 0.29) is 5.75 Å². The van der Waals surface area contributed by atoms with Gasteiger partial charge in [-0.1, -0.05) is 0 Å². The summed E-state index contributed by atoms with van der Waals surface area (Å²) in [6.07, 6.45) is -3.53. The number of rotatable bonds is 3. The molecule has 1 aliphatic heterocycles. The van der Waals surface area contributed by atoms with Crippen molar-refractivity contribution in [3.8, 4) is 17.6 Å². The van der Waals surface area contributed by atoms with Crippen LogP contribution in [-0.4, -0.2) is 19.5 Å². The molecule has 140 valence electrons. The Hall–Kier alpha value is -3.00. The summed E-state index contributed by atoms with van der Waals surface area (Å²) in [4.78, 5) is 10.6. The summed E-state index contributed by atoms with van der Waals surface area (Å²) in [6, 6.07) is 5.39. The molecule has 0 N–H and O–H groups in total. The molecule has 1 aliphatic rings. The highest BCUT2D eigenvalue weighted by atomic mass is 32.2. The summed E-state index contributed by atoms with van der Waals surface area (Å²) in [5.74, 6) is -4.26. The van der Waals surface area contributed by atoms with Crippen molar-refractivity contribution in [3.63, 3.8) is 0 Å². The first kappa shape index (κ1) is 18.8. The standard InChI is InChI=1S/C16H6F5NO4S/c17-9-2-1-8(5-7(9)6-22)26-10-3-4-11-13(12(10)15(18)19)14(23)16(20,21)27(11,24)25/h1-5,15H. The first-order chi connectivity index (χ1) is 12.5. The van der Waals surface area contributed by atoms with Gasteiger partial charge >= 0.3 is 5.25 Å². The third-order valence-electron chi connectivity index (χ3n) is 3.79. The van der Waals surface area contributed by atoms with E-state index in [9.17, 15) is 35.2 Å². The summed E-state index contributed by atoms with van der Waals surface area (Å²) < 4.78 is 96.4. The number of carbonyl (C=O) groups excluding carboxylic acids is 1. The Bertz CT molecular complexity index is 1120. The molecule has 0 unspecified atom stereocenters. The van der Waals surface area contributed by atoms with Gasteiger partial charge in [-0.05, 0) is 24.3 Å². The van der Waals surface area contributed by atoms with Crippen LogP contribution in [-0.2, 0) is 9.84 Å². The molecule has 27 heavy (non-hydrogen) atoms. The van der Waals surface area contributed by atoms with Crippen LogP contribution in [0.5, 0.6) is 11.5 Å². The number of ether oxygens (including phenoxy) is 1. The molecule has 2 aromatic carbocycles. The van der Waals surface area contributed by atoms with Gasteiger partial charge in [-0.15, -0.1) is 0 Å². The van der Waals surface area contributed by atoms with E-state index < -0.39 is 60.5 Å². The SMILES string of the molecule is N#Cc1cc(Oc2ccc3c(c2C(F)F)C(=O)C(F)(F)S3(=O)=O)ccc1F. The van der Waals surface area contributed by atoms with Gasteiger partial charge < -0.3 is 4.74 Å². The fourth-order valence-electron chi connectivity index (χ4n) is 2.53. The quantitative estimate of drug-likeness (QED) is 0.724. The third kappa shape index (κ3) is 2.64. The Morgan fingerprint density at radius 3 is 2.41 bits per heavy atom. The van der Waals surface area contributed by atoms with Crippen molar-refractivity contribution in [2.24, 2.45) is 0 Å². The summed E-state index contributed by atoms with van der Waals surface area (Å²) in [5, 5.41) is 3.89. The Kier molecular flexibility index (Phi) is 4.19. The fourth-order valence-corrected chi connectivity index (χ4v) is 3.87. The van der Waals surface area contributed by atoms with Crippen LogP contribution >= 0.6 is 0 Å². The van der Waals surface area contributed by atoms with Gasteiger partial charge in [-0.25, -0.2) is 21.6 Å². The van der Waals surface area contributed by atoms with Crippen LogP contribution < -0.4 is 4.74 Å². The number of ketones is 1. The molecular weight excluding hydrogens is 397 g/mol. The molecule has 1 heterocycles. The van der Waals surface area contributed by atoms with E-state index in [1.807, 2.05) is 0 Å². The van der Waals surface area contributed by atoms with E-state index in [2.05, 4.69) is 0 Å². The zero-order chi connectivity index (χ0) is 20.1.